The number of amides is 1. The van der Waals surface area contributed by atoms with Gasteiger partial charge in [-0.1, -0.05) is 67.6 Å². The Balaban J connectivity index is 1.47. The van der Waals surface area contributed by atoms with E-state index in [2.05, 4.69) is 54.6 Å². The molecular formula is C27H27NO3. The van der Waals surface area contributed by atoms with Crippen LogP contribution in [-0.4, -0.2) is 25.2 Å². The lowest BCUT2D eigenvalue weighted by molar-refractivity contribution is -0.130. The van der Waals surface area contributed by atoms with Gasteiger partial charge >= 0.3 is 0 Å². The van der Waals surface area contributed by atoms with Crippen molar-refractivity contribution in [1.29, 1.82) is 0 Å². The summed E-state index contributed by atoms with van der Waals surface area (Å²) in [6, 6.07) is 24.7. The van der Waals surface area contributed by atoms with Crippen LogP contribution in [0.2, 0.25) is 0 Å². The Morgan fingerprint density at radius 1 is 0.903 bits per heavy atom. The van der Waals surface area contributed by atoms with E-state index >= 15 is 0 Å². The van der Waals surface area contributed by atoms with Gasteiger partial charge in [-0.3, -0.25) is 4.79 Å². The molecule has 0 fully saturated rings. The van der Waals surface area contributed by atoms with Crippen LogP contribution in [0.5, 0.6) is 5.75 Å². The molecule has 3 aromatic carbocycles. The smallest absolute Gasteiger partial charge is 0.247 e. The van der Waals surface area contributed by atoms with Gasteiger partial charge in [0.2, 0.25) is 5.91 Å². The summed E-state index contributed by atoms with van der Waals surface area (Å²) in [5.41, 5.74) is 12.7. The van der Waals surface area contributed by atoms with Gasteiger partial charge in [0.15, 0.2) is 0 Å². The second-order valence-electron chi connectivity index (χ2n) is 7.66. The summed E-state index contributed by atoms with van der Waals surface area (Å²) in [5.74, 6) is 0.206. The lowest BCUT2D eigenvalue weighted by atomic mass is 9.94. The molecule has 0 radical (unpaired) electrons. The van der Waals surface area contributed by atoms with Crippen LogP contribution in [0, 0.1) is 0 Å². The molecule has 31 heavy (non-hydrogen) atoms. The van der Waals surface area contributed by atoms with E-state index < -0.39 is 12.0 Å². The normalized spacial score (nSPS) is 13.8. The zero-order valence-corrected chi connectivity index (χ0v) is 17.9. The maximum Gasteiger partial charge on any atom is 0.247 e. The predicted octanol–water partition coefficient (Wildman–Crippen LogP) is 5.17. The molecule has 2 N–H and O–H groups in total. The van der Waals surface area contributed by atoms with Crippen LogP contribution in [0.4, 0.5) is 0 Å². The van der Waals surface area contributed by atoms with Gasteiger partial charge in [-0.2, -0.15) is 0 Å². The number of rotatable bonds is 8. The minimum Gasteiger partial charge on any atom is -0.490 e. The van der Waals surface area contributed by atoms with Gasteiger partial charge in [-0.15, -0.1) is 0 Å². The molecule has 2 atom stereocenters. The highest BCUT2D eigenvalue weighted by Crippen LogP contribution is 2.43. The number of primary amides is 1. The molecule has 3 aromatic rings. The maximum absolute atomic E-state index is 11.7. The molecule has 2 unspecified atom stereocenters. The minimum atomic E-state index is -0.635. The summed E-state index contributed by atoms with van der Waals surface area (Å²) in [6.07, 6.45) is 1.50. The Kier molecular flexibility index (Phi) is 6.19. The third kappa shape index (κ3) is 4.25. The standard InChI is InChI=1S/C27H27NO3/c1-3-30-26(27(28)29)18(2)19-12-14-20(15-13-19)31-17-16-25-23-10-6-4-8-21(23)22-9-5-7-11-24(22)25/h4-16,18,26H,3,17H2,1-2H3,(H2,28,29). The predicted molar refractivity (Wildman–Crippen MR) is 124 cm³/mol. The molecule has 0 aliphatic heterocycles. The Morgan fingerprint density at radius 2 is 1.45 bits per heavy atom. The highest BCUT2D eigenvalue weighted by atomic mass is 16.5. The van der Waals surface area contributed by atoms with Crippen LogP contribution in [0.1, 0.15) is 36.5 Å². The molecule has 4 rings (SSSR count). The number of hydrogen-bond acceptors (Lipinski definition) is 3. The van der Waals surface area contributed by atoms with Gasteiger partial charge in [-0.05, 0) is 58.5 Å². The summed E-state index contributed by atoms with van der Waals surface area (Å²) < 4.78 is 11.5. The van der Waals surface area contributed by atoms with E-state index in [4.69, 9.17) is 15.2 Å². The van der Waals surface area contributed by atoms with Crippen molar-refractivity contribution in [2.24, 2.45) is 5.73 Å². The molecule has 0 aromatic heterocycles. The van der Waals surface area contributed by atoms with Crippen LogP contribution in [0.3, 0.4) is 0 Å². The Bertz CT molecular complexity index is 1050. The topological polar surface area (TPSA) is 61.5 Å². The van der Waals surface area contributed by atoms with E-state index in [9.17, 15) is 4.79 Å². The molecule has 1 amide bonds. The van der Waals surface area contributed by atoms with E-state index in [1.807, 2.05) is 38.1 Å². The van der Waals surface area contributed by atoms with Crippen LogP contribution < -0.4 is 10.5 Å². The van der Waals surface area contributed by atoms with Gasteiger partial charge in [0.25, 0.3) is 0 Å². The zero-order chi connectivity index (χ0) is 21.8. The van der Waals surface area contributed by atoms with E-state index in [1.54, 1.807) is 0 Å². The third-order valence-corrected chi connectivity index (χ3v) is 5.75. The van der Waals surface area contributed by atoms with Gasteiger partial charge < -0.3 is 15.2 Å². The highest BCUT2D eigenvalue weighted by Gasteiger charge is 2.25. The fourth-order valence-electron chi connectivity index (χ4n) is 4.19. The lowest BCUT2D eigenvalue weighted by Gasteiger charge is -2.21. The first-order valence-electron chi connectivity index (χ1n) is 10.6. The number of hydrogen-bond donors (Lipinski definition) is 1. The number of benzene rings is 3. The first-order valence-corrected chi connectivity index (χ1v) is 10.6. The molecule has 4 nitrogen and oxygen atoms in total. The van der Waals surface area contributed by atoms with Crippen LogP contribution in [0.15, 0.2) is 78.9 Å². The number of fused-ring (bicyclic) bond motifs is 3. The monoisotopic (exact) mass is 413 g/mol. The fraction of sp³-hybridized carbons (Fsp3) is 0.222. The fourth-order valence-corrected chi connectivity index (χ4v) is 4.19. The van der Waals surface area contributed by atoms with Crippen molar-refractivity contribution in [2.75, 3.05) is 13.2 Å². The van der Waals surface area contributed by atoms with Crippen molar-refractivity contribution in [3.05, 3.63) is 95.6 Å². The first kappa shape index (κ1) is 20.9. The second-order valence-corrected chi connectivity index (χ2v) is 7.66. The maximum atomic E-state index is 11.7. The highest BCUT2D eigenvalue weighted by molar-refractivity contribution is 6.01. The average Bonchev–Trinajstić information content (AvgIpc) is 3.11. The molecule has 0 spiro atoms. The van der Waals surface area contributed by atoms with Crippen molar-refractivity contribution in [2.45, 2.75) is 25.9 Å². The number of carbonyl (C=O) groups excluding carboxylic acids is 1. The number of nitrogens with two attached hydrogens (primary N) is 1. The summed E-state index contributed by atoms with van der Waals surface area (Å²) in [5, 5.41) is 0. The molecule has 1 aliphatic carbocycles. The molecule has 0 saturated carbocycles. The Morgan fingerprint density at radius 3 is 1.97 bits per heavy atom. The van der Waals surface area contributed by atoms with Gasteiger partial charge in [-0.25, -0.2) is 0 Å². The van der Waals surface area contributed by atoms with Crippen molar-refractivity contribution in [3.8, 4) is 16.9 Å². The van der Waals surface area contributed by atoms with Gasteiger partial charge in [0, 0.05) is 12.5 Å². The van der Waals surface area contributed by atoms with Crippen LogP contribution in [0.25, 0.3) is 16.7 Å². The summed E-state index contributed by atoms with van der Waals surface area (Å²) in [4.78, 5) is 11.7. The van der Waals surface area contributed by atoms with E-state index in [0.717, 1.165) is 11.3 Å². The molecule has 4 heteroatoms. The SMILES string of the molecule is CCOC(C(N)=O)C(C)c1ccc(OCC=C2c3ccccc3-c3ccccc32)cc1. The molecule has 0 saturated heterocycles. The second kappa shape index (κ2) is 9.19. The minimum absolute atomic E-state index is 0.125. The van der Waals surface area contributed by atoms with Gasteiger partial charge in [0.05, 0.1) is 0 Å². The molecule has 0 heterocycles. The number of carbonyl (C=O) groups is 1. The molecule has 1 aliphatic rings. The lowest BCUT2D eigenvalue weighted by Crippen LogP contribution is -2.35. The van der Waals surface area contributed by atoms with Crippen LogP contribution in [-0.2, 0) is 9.53 Å². The Labute approximate surface area is 183 Å². The molecule has 0 bridgehead atoms. The van der Waals surface area contributed by atoms with E-state index in [-0.39, 0.29) is 5.92 Å². The van der Waals surface area contributed by atoms with Crippen molar-refractivity contribution in [1.82, 2.24) is 0 Å². The van der Waals surface area contributed by atoms with Crippen molar-refractivity contribution in [3.63, 3.8) is 0 Å². The molecular weight excluding hydrogens is 386 g/mol. The summed E-state index contributed by atoms with van der Waals surface area (Å²) >= 11 is 0. The van der Waals surface area contributed by atoms with Crippen molar-refractivity contribution >= 4 is 11.5 Å². The largest absolute Gasteiger partial charge is 0.490 e. The van der Waals surface area contributed by atoms with Crippen LogP contribution >= 0.6 is 0 Å². The van der Waals surface area contributed by atoms with E-state index in [1.165, 1.54) is 27.8 Å². The average molecular weight is 414 g/mol. The third-order valence-electron chi connectivity index (χ3n) is 5.75. The van der Waals surface area contributed by atoms with Crippen molar-refractivity contribution < 1.29 is 14.3 Å². The zero-order valence-electron chi connectivity index (χ0n) is 17.9. The summed E-state index contributed by atoms with van der Waals surface area (Å²) in [7, 11) is 0. The molecule has 158 valence electrons. The number of ether oxygens (including phenoxy) is 2. The quantitative estimate of drug-likeness (QED) is 0.433. The van der Waals surface area contributed by atoms with Gasteiger partial charge in [0.1, 0.15) is 18.5 Å². The van der Waals surface area contributed by atoms with E-state index in [0.29, 0.717) is 13.2 Å². The Hall–Kier alpha value is -3.37. The summed E-state index contributed by atoms with van der Waals surface area (Å²) in [6.45, 7) is 4.71. The first-order chi connectivity index (χ1) is 15.1.